The monoisotopic (exact) mass is 289 g/mol. The molecule has 5 heteroatoms. The summed E-state index contributed by atoms with van der Waals surface area (Å²) in [4.78, 5) is 11.2. The molecule has 0 fully saturated rings. The molecule has 20 heavy (non-hydrogen) atoms. The molecule has 5 nitrogen and oxygen atoms in total. The zero-order valence-electron chi connectivity index (χ0n) is 13.3. The first-order valence-electron chi connectivity index (χ1n) is 7.69. The summed E-state index contributed by atoms with van der Waals surface area (Å²) in [5, 5.41) is 2.79. The number of amides is 1. The van der Waals surface area contributed by atoms with Crippen LogP contribution in [0, 0.1) is 5.92 Å². The molecule has 0 aliphatic rings. The van der Waals surface area contributed by atoms with Crippen LogP contribution < -0.4 is 5.32 Å². The van der Waals surface area contributed by atoms with Crippen molar-refractivity contribution in [2.75, 3.05) is 46.2 Å². The third-order valence-corrected chi connectivity index (χ3v) is 2.71. The Labute approximate surface area is 123 Å². The molecule has 0 radical (unpaired) electrons. The van der Waals surface area contributed by atoms with Crippen LogP contribution in [0.2, 0.25) is 0 Å². The van der Waals surface area contributed by atoms with E-state index in [1.807, 2.05) is 13.8 Å². The average Bonchev–Trinajstić information content (AvgIpc) is 2.43. The molecule has 1 amide bonds. The first-order chi connectivity index (χ1) is 9.68. The molecule has 0 unspecified atom stereocenters. The van der Waals surface area contributed by atoms with Gasteiger partial charge in [0, 0.05) is 19.1 Å². The van der Waals surface area contributed by atoms with Gasteiger partial charge in [-0.25, -0.2) is 0 Å². The molecule has 0 aliphatic heterocycles. The number of ether oxygens (including phenoxy) is 3. The Morgan fingerprint density at radius 3 is 2.00 bits per heavy atom. The Hall–Kier alpha value is -0.650. The maximum atomic E-state index is 11.2. The largest absolute Gasteiger partial charge is 0.379 e. The maximum Gasteiger partial charge on any atom is 0.222 e. The average molecular weight is 289 g/mol. The molecule has 0 heterocycles. The first-order valence-corrected chi connectivity index (χ1v) is 7.69. The number of carbonyl (C=O) groups excluding carboxylic acids is 1. The Kier molecular flexibility index (Phi) is 14.3. The van der Waals surface area contributed by atoms with Crippen molar-refractivity contribution < 1.29 is 19.0 Å². The Balaban J connectivity index is 3.04. The lowest BCUT2D eigenvalue weighted by molar-refractivity contribution is -0.124. The first kappa shape index (κ1) is 19.4. The van der Waals surface area contributed by atoms with Crippen molar-refractivity contribution in [3.8, 4) is 0 Å². The maximum absolute atomic E-state index is 11.2. The highest BCUT2D eigenvalue weighted by atomic mass is 16.5. The minimum absolute atomic E-state index is 0.0238. The number of rotatable bonds is 14. The summed E-state index contributed by atoms with van der Waals surface area (Å²) >= 11 is 0. The lowest BCUT2D eigenvalue weighted by Crippen LogP contribution is -2.31. The molecule has 0 rings (SSSR count). The predicted molar refractivity (Wildman–Crippen MR) is 79.8 cm³/mol. The topological polar surface area (TPSA) is 56.8 Å². The van der Waals surface area contributed by atoms with Gasteiger partial charge in [-0.05, 0) is 6.42 Å². The minimum atomic E-state index is 0.0238. The van der Waals surface area contributed by atoms with Crippen LogP contribution >= 0.6 is 0 Å². The Bertz CT molecular complexity index is 222. The van der Waals surface area contributed by atoms with E-state index < -0.39 is 0 Å². The van der Waals surface area contributed by atoms with Crippen molar-refractivity contribution in [2.24, 2.45) is 5.92 Å². The summed E-state index contributed by atoms with van der Waals surface area (Å²) in [5.74, 6) is 0.0840. The van der Waals surface area contributed by atoms with E-state index in [9.17, 15) is 4.79 Å². The molecule has 1 N–H and O–H groups in total. The fraction of sp³-hybridized carbons (Fsp3) is 0.933. The summed E-state index contributed by atoms with van der Waals surface area (Å²) < 4.78 is 16.1. The van der Waals surface area contributed by atoms with E-state index in [4.69, 9.17) is 14.2 Å². The molecule has 120 valence electrons. The van der Waals surface area contributed by atoms with Crippen molar-refractivity contribution in [1.82, 2.24) is 5.32 Å². The lowest BCUT2D eigenvalue weighted by Gasteiger charge is -2.09. The molecular formula is C15H31NO4. The molecular weight excluding hydrogens is 258 g/mol. The van der Waals surface area contributed by atoms with Crippen molar-refractivity contribution >= 4 is 5.91 Å². The molecule has 0 aromatic carbocycles. The second kappa shape index (κ2) is 14.8. The van der Waals surface area contributed by atoms with Crippen molar-refractivity contribution in [3.05, 3.63) is 0 Å². The van der Waals surface area contributed by atoms with Gasteiger partial charge in [0.15, 0.2) is 0 Å². The van der Waals surface area contributed by atoms with Gasteiger partial charge >= 0.3 is 0 Å². The van der Waals surface area contributed by atoms with Crippen LogP contribution in [0.5, 0.6) is 0 Å². The van der Waals surface area contributed by atoms with E-state index in [1.54, 1.807) is 0 Å². The second-order valence-corrected chi connectivity index (χ2v) is 4.99. The fourth-order valence-corrected chi connectivity index (χ4v) is 1.45. The highest BCUT2D eigenvalue weighted by molar-refractivity contribution is 5.77. The quantitative estimate of drug-likeness (QED) is 0.497. The molecule has 0 spiro atoms. The lowest BCUT2D eigenvalue weighted by atomic mass is 10.2. The molecule has 0 saturated carbocycles. The van der Waals surface area contributed by atoms with Crippen LogP contribution in [-0.4, -0.2) is 52.1 Å². The zero-order valence-corrected chi connectivity index (χ0v) is 13.3. The van der Waals surface area contributed by atoms with Gasteiger partial charge in [0.2, 0.25) is 5.91 Å². The number of hydrogen-bond donors (Lipinski definition) is 1. The number of unbranched alkanes of at least 4 members (excludes halogenated alkanes) is 2. The van der Waals surface area contributed by atoms with E-state index >= 15 is 0 Å². The van der Waals surface area contributed by atoms with Gasteiger partial charge in [0.25, 0.3) is 0 Å². The number of nitrogens with one attached hydrogen (secondary N) is 1. The summed E-state index contributed by atoms with van der Waals surface area (Å²) in [6.07, 6.45) is 3.57. The second-order valence-electron chi connectivity index (χ2n) is 4.99. The standard InChI is InChI=1S/C15H31NO4/c1-4-5-6-8-18-10-12-20-13-11-19-9-7-16-15(17)14(2)3/h14H,4-13H2,1-3H3,(H,16,17). The van der Waals surface area contributed by atoms with Crippen LogP contribution in [0.1, 0.15) is 40.0 Å². The van der Waals surface area contributed by atoms with Gasteiger partial charge < -0.3 is 19.5 Å². The molecule has 0 aromatic rings. The van der Waals surface area contributed by atoms with Gasteiger partial charge in [-0.15, -0.1) is 0 Å². The van der Waals surface area contributed by atoms with E-state index in [0.717, 1.165) is 13.0 Å². The minimum Gasteiger partial charge on any atom is -0.379 e. The summed E-state index contributed by atoms with van der Waals surface area (Å²) in [6.45, 7) is 10.2. The van der Waals surface area contributed by atoms with Gasteiger partial charge in [0.1, 0.15) is 0 Å². The highest BCUT2D eigenvalue weighted by Gasteiger charge is 2.04. The number of hydrogen-bond acceptors (Lipinski definition) is 4. The van der Waals surface area contributed by atoms with Crippen molar-refractivity contribution in [3.63, 3.8) is 0 Å². The van der Waals surface area contributed by atoms with Gasteiger partial charge in [0.05, 0.1) is 33.0 Å². The predicted octanol–water partition coefficient (Wildman–Crippen LogP) is 2.00. The summed E-state index contributed by atoms with van der Waals surface area (Å²) in [6, 6.07) is 0. The van der Waals surface area contributed by atoms with Crippen LogP contribution in [0.3, 0.4) is 0 Å². The zero-order chi connectivity index (χ0) is 15.1. The smallest absolute Gasteiger partial charge is 0.222 e. The molecule has 0 bridgehead atoms. The Morgan fingerprint density at radius 2 is 1.45 bits per heavy atom. The van der Waals surface area contributed by atoms with Crippen LogP contribution in [0.4, 0.5) is 0 Å². The fourth-order valence-electron chi connectivity index (χ4n) is 1.45. The molecule has 0 saturated heterocycles. The van der Waals surface area contributed by atoms with Crippen LogP contribution in [0.15, 0.2) is 0 Å². The SMILES string of the molecule is CCCCCOCCOCCOCCNC(=O)C(C)C. The van der Waals surface area contributed by atoms with E-state index in [-0.39, 0.29) is 11.8 Å². The molecule has 0 atom stereocenters. The molecule has 0 aromatic heterocycles. The molecule has 0 aliphatic carbocycles. The van der Waals surface area contributed by atoms with Gasteiger partial charge in [-0.1, -0.05) is 33.6 Å². The van der Waals surface area contributed by atoms with E-state index in [0.29, 0.717) is 39.6 Å². The summed E-state index contributed by atoms with van der Waals surface area (Å²) in [7, 11) is 0. The van der Waals surface area contributed by atoms with Crippen molar-refractivity contribution in [1.29, 1.82) is 0 Å². The van der Waals surface area contributed by atoms with E-state index in [2.05, 4.69) is 12.2 Å². The van der Waals surface area contributed by atoms with Crippen LogP contribution in [0.25, 0.3) is 0 Å². The highest BCUT2D eigenvalue weighted by Crippen LogP contribution is 1.93. The third-order valence-electron chi connectivity index (χ3n) is 2.71. The normalized spacial score (nSPS) is 11.0. The van der Waals surface area contributed by atoms with Gasteiger partial charge in [-0.2, -0.15) is 0 Å². The third kappa shape index (κ3) is 13.8. The summed E-state index contributed by atoms with van der Waals surface area (Å²) in [5.41, 5.74) is 0. The van der Waals surface area contributed by atoms with Crippen LogP contribution in [-0.2, 0) is 19.0 Å². The van der Waals surface area contributed by atoms with Gasteiger partial charge in [-0.3, -0.25) is 4.79 Å². The Morgan fingerprint density at radius 1 is 0.900 bits per heavy atom. The number of carbonyl (C=O) groups is 1. The van der Waals surface area contributed by atoms with Crippen molar-refractivity contribution in [2.45, 2.75) is 40.0 Å². The van der Waals surface area contributed by atoms with E-state index in [1.165, 1.54) is 12.8 Å².